The van der Waals surface area contributed by atoms with Crippen molar-refractivity contribution in [1.82, 2.24) is 0 Å². The number of benzene rings is 1. The van der Waals surface area contributed by atoms with Crippen LogP contribution in [0.4, 0.5) is 5.69 Å². The average Bonchev–Trinajstić information content (AvgIpc) is 2.60. The normalized spacial score (nSPS) is 20.6. The number of amides is 1. The molecule has 1 aromatic carbocycles. The molecule has 2 heterocycles. The summed E-state index contributed by atoms with van der Waals surface area (Å²) in [6.45, 7) is 1.33. The van der Waals surface area contributed by atoms with Gasteiger partial charge < -0.3 is 19.1 Å². The summed E-state index contributed by atoms with van der Waals surface area (Å²) in [5.41, 5.74) is 0.701. The van der Waals surface area contributed by atoms with Gasteiger partial charge in [0.05, 0.1) is 18.2 Å². The SMILES string of the molecule is O=C(CCN1C(=O)COc2ccccc21)OC[C@H]1CCCCO1. The van der Waals surface area contributed by atoms with E-state index in [1.54, 1.807) is 4.90 Å². The third-order valence-corrected chi connectivity index (χ3v) is 4.05. The number of ether oxygens (including phenoxy) is 3. The van der Waals surface area contributed by atoms with Crippen molar-refractivity contribution in [3.8, 4) is 5.75 Å². The Hall–Kier alpha value is -2.08. The minimum absolute atomic E-state index is 0.00196. The molecular weight excluding hydrogens is 298 g/mol. The quantitative estimate of drug-likeness (QED) is 0.776. The zero-order valence-corrected chi connectivity index (χ0v) is 13.0. The number of para-hydroxylation sites is 2. The Morgan fingerprint density at radius 2 is 2.17 bits per heavy atom. The van der Waals surface area contributed by atoms with E-state index >= 15 is 0 Å². The molecule has 0 bridgehead atoms. The van der Waals surface area contributed by atoms with E-state index in [0.29, 0.717) is 24.6 Å². The molecule has 1 saturated heterocycles. The third-order valence-electron chi connectivity index (χ3n) is 4.05. The summed E-state index contributed by atoms with van der Waals surface area (Å²) in [6.07, 6.45) is 3.29. The van der Waals surface area contributed by atoms with E-state index in [-0.39, 0.29) is 31.0 Å². The highest BCUT2D eigenvalue weighted by Crippen LogP contribution is 2.31. The van der Waals surface area contributed by atoms with E-state index in [0.717, 1.165) is 25.9 Å². The van der Waals surface area contributed by atoms with Crippen molar-refractivity contribution >= 4 is 17.6 Å². The molecule has 0 spiro atoms. The number of nitrogens with zero attached hydrogens (tertiary/aromatic N) is 1. The van der Waals surface area contributed by atoms with Crippen molar-refractivity contribution in [3.63, 3.8) is 0 Å². The van der Waals surface area contributed by atoms with Gasteiger partial charge in [0, 0.05) is 13.2 Å². The smallest absolute Gasteiger partial charge is 0.307 e. The van der Waals surface area contributed by atoms with Crippen molar-refractivity contribution in [2.45, 2.75) is 31.8 Å². The Bertz CT molecular complexity index is 568. The Kier molecular flexibility index (Phi) is 5.12. The summed E-state index contributed by atoms with van der Waals surface area (Å²) in [4.78, 5) is 25.5. The number of carbonyl (C=O) groups is 2. The second-order valence-electron chi connectivity index (χ2n) is 5.72. The van der Waals surface area contributed by atoms with Gasteiger partial charge in [-0.1, -0.05) is 12.1 Å². The molecule has 1 fully saturated rings. The van der Waals surface area contributed by atoms with Gasteiger partial charge in [-0.25, -0.2) is 0 Å². The lowest BCUT2D eigenvalue weighted by Gasteiger charge is -2.29. The molecule has 6 nitrogen and oxygen atoms in total. The molecular formula is C17H21NO5. The fraction of sp³-hybridized carbons (Fsp3) is 0.529. The highest BCUT2D eigenvalue weighted by atomic mass is 16.6. The molecule has 2 aliphatic heterocycles. The predicted molar refractivity (Wildman–Crippen MR) is 83.5 cm³/mol. The van der Waals surface area contributed by atoms with Crippen molar-refractivity contribution in [2.24, 2.45) is 0 Å². The predicted octanol–water partition coefficient (Wildman–Crippen LogP) is 1.91. The van der Waals surface area contributed by atoms with Crippen molar-refractivity contribution in [2.75, 3.05) is 31.3 Å². The van der Waals surface area contributed by atoms with Crippen LogP contribution in [0.15, 0.2) is 24.3 Å². The highest BCUT2D eigenvalue weighted by Gasteiger charge is 2.25. The number of carbonyl (C=O) groups excluding carboxylic acids is 2. The van der Waals surface area contributed by atoms with Crippen LogP contribution in [-0.2, 0) is 19.1 Å². The minimum atomic E-state index is -0.309. The van der Waals surface area contributed by atoms with E-state index in [2.05, 4.69) is 0 Å². The number of hydrogen-bond acceptors (Lipinski definition) is 5. The highest BCUT2D eigenvalue weighted by molar-refractivity contribution is 5.98. The minimum Gasteiger partial charge on any atom is -0.482 e. The van der Waals surface area contributed by atoms with Gasteiger partial charge in [-0.2, -0.15) is 0 Å². The molecule has 23 heavy (non-hydrogen) atoms. The monoisotopic (exact) mass is 319 g/mol. The van der Waals surface area contributed by atoms with Crippen LogP contribution in [0, 0.1) is 0 Å². The maximum atomic E-state index is 12.0. The second-order valence-corrected chi connectivity index (χ2v) is 5.72. The van der Waals surface area contributed by atoms with Crippen LogP contribution in [-0.4, -0.2) is 44.3 Å². The Morgan fingerprint density at radius 3 is 3.00 bits per heavy atom. The van der Waals surface area contributed by atoms with Crippen LogP contribution in [0.1, 0.15) is 25.7 Å². The maximum Gasteiger partial charge on any atom is 0.307 e. The molecule has 124 valence electrons. The van der Waals surface area contributed by atoms with Gasteiger partial charge in [0.1, 0.15) is 12.4 Å². The fourth-order valence-corrected chi connectivity index (χ4v) is 2.80. The van der Waals surface area contributed by atoms with Crippen molar-refractivity contribution in [3.05, 3.63) is 24.3 Å². The second kappa shape index (κ2) is 7.46. The van der Waals surface area contributed by atoms with E-state index < -0.39 is 0 Å². The molecule has 0 aliphatic carbocycles. The zero-order valence-electron chi connectivity index (χ0n) is 13.0. The third kappa shape index (κ3) is 4.01. The molecule has 6 heteroatoms. The molecule has 0 aromatic heterocycles. The van der Waals surface area contributed by atoms with Gasteiger partial charge in [0.15, 0.2) is 6.61 Å². The van der Waals surface area contributed by atoms with Crippen LogP contribution in [0.2, 0.25) is 0 Å². The lowest BCUT2D eigenvalue weighted by atomic mass is 10.1. The summed E-state index contributed by atoms with van der Waals surface area (Å²) in [5, 5.41) is 0. The molecule has 1 amide bonds. The van der Waals surface area contributed by atoms with Crippen LogP contribution < -0.4 is 9.64 Å². The van der Waals surface area contributed by atoms with Gasteiger partial charge in [-0.3, -0.25) is 9.59 Å². The molecule has 0 radical (unpaired) electrons. The van der Waals surface area contributed by atoms with Crippen LogP contribution in [0.5, 0.6) is 5.75 Å². The van der Waals surface area contributed by atoms with Crippen LogP contribution in [0.3, 0.4) is 0 Å². The molecule has 1 aromatic rings. The zero-order chi connectivity index (χ0) is 16.1. The number of esters is 1. The first-order valence-corrected chi connectivity index (χ1v) is 8.03. The maximum absolute atomic E-state index is 12.0. The number of fused-ring (bicyclic) bond motifs is 1. The molecule has 0 unspecified atom stereocenters. The fourth-order valence-electron chi connectivity index (χ4n) is 2.80. The van der Waals surface area contributed by atoms with Crippen LogP contribution >= 0.6 is 0 Å². The van der Waals surface area contributed by atoms with Gasteiger partial charge in [0.2, 0.25) is 0 Å². The summed E-state index contributed by atoms with van der Waals surface area (Å²) in [5.74, 6) is 0.208. The summed E-state index contributed by atoms with van der Waals surface area (Å²) in [6, 6.07) is 7.32. The lowest BCUT2D eigenvalue weighted by Crippen LogP contribution is -2.40. The summed E-state index contributed by atoms with van der Waals surface area (Å²) >= 11 is 0. The number of anilines is 1. The average molecular weight is 319 g/mol. The Morgan fingerprint density at radius 1 is 1.30 bits per heavy atom. The van der Waals surface area contributed by atoms with Gasteiger partial charge in [-0.05, 0) is 31.4 Å². The largest absolute Gasteiger partial charge is 0.482 e. The Balaban J connectivity index is 1.49. The number of hydrogen-bond donors (Lipinski definition) is 0. The molecule has 2 aliphatic rings. The summed E-state index contributed by atoms with van der Waals surface area (Å²) in [7, 11) is 0. The van der Waals surface area contributed by atoms with Crippen molar-refractivity contribution < 1.29 is 23.8 Å². The van der Waals surface area contributed by atoms with E-state index in [9.17, 15) is 9.59 Å². The lowest BCUT2D eigenvalue weighted by molar-refractivity contribution is -0.148. The van der Waals surface area contributed by atoms with Gasteiger partial charge >= 0.3 is 5.97 Å². The molecule has 3 rings (SSSR count). The summed E-state index contributed by atoms with van der Waals surface area (Å²) < 4.78 is 16.2. The first-order valence-electron chi connectivity index (χ1n) is 8.03. The van der Waals surface area contributed by atoms with E-state index in [1.807, 2.05) is 24.3 Å². The molecule has 1 atom stereocenters. The standard InChI is InChI=1S/C17H21NO5/c19-16-12-22-15-7-2-1-6-14(15)18(16)9-8-17(20)23-11-13-5-3-4-10-21-13/h1-2,6-7,13H,3-5,8-12H2/t13-/m1/s1. The van der Waals surface area contributed by atoms with Crippen molar-refractivity contribution in [1.29, 1.82) is 0 Å². The number of rotatable bonds is 5. The van der Waals surface area contributed by atoms with Gasteiger partial charge in [-0.15, -0.1) is 0 Å². The first-order chi connectivity index (χ1) is 11.2. The van der Waals surface area contributed by atoms with E-state index in [4.69, 9.17) is 14.2 Å². The van der Waals surface area contributed by atoms with Gasteiger partial charge in [0.25, 0.3) is 5.91 Å². The topological polar surface area (TPSA) is 65.1 Å². The molecule has 0 N–H and O–H groups in total. The first kappa shape index (κ1) is 15.8. The van der Waals surface area contributed by atoms with Crippen LogP contribution in [0.25, 0.3) is 0 Å². The molecule has 0 saturated carbocycles. The Labute approximate surface area is 135 Å². The van der Waals surface area contributed by atoms with E-state index in [1.165, 1.54) is 0 Å².